The topological polar surface area (TPSA) is 94.4 Å². The van der Waals surface area contributed by atoms with Gasteiger partial charge in [-0.05, 0) is 31.7 Å². The molecule has 1 saturated heterocycles. The van der Waals surface area contributed by atoms with Gasteiger partial charge < -0.3 is 15.2 Å². The van der Waals surface area contributed by atoms with E-state index in [-0.39, 0.29) is 11.6 Å². The predicted molar refractivity (Wildman–Crippen MR) is 79.1 cm³/mol. The highest BCUT2D eigenvalue weighted by Crippen LogP contribution is 2.22. The lowest BCUT2D eigenvalue weighted by Crippen LogP contribution is -2.42. The summed E-state index contributed by atoms with van der Waals surface area (Å²) in [4.78, 5) is 24.9. The van der Waals surface area contributed by atoms with Gasteiger partial charge in [0.25, 0.3) is 11.6 Å². The van der Waals surface area contributed by atoms with Gasteiger partial charge in [0.2, 0.25) is 0 Å². The maximum absolute atomic E-state index is 12.6. The SMILES string of the molecule is CCCn1cc([N+](=O)[O-])cc1C(=O)N1CCCC(CN)C1. The highest BCUT2D eigenvalue weighted by molar-refractivity contribution is 5.93. The summed E-state index contributed by atoms with van der Waals surface area (Å²) >= 11 is 0. The fourth-order valence-corrected chi connectivity index (χ4v) is 2.80. The van der Waals surface area contributed by atoms with Crippen LogP contribution in [0.5, 0.6) is 0 Å². The number of carbonyl (C=O) groups excluding carboxylic acids is 1. The van der Waals surface area contributed by atoms with Crippen molar-refractivity contribution in [1.82, 2.24) is 9.47 Å². The van der Waals surface area contributed by atoms with Gasteiger partial charge in [-0.1, -0.05) is 6.92 Å². The second-order valence-electron chi connectivity index (χ2n) is 5.53. The minimum absolute atomic E-state index is 0.0285. The summed E-state index contributed by atoms with van der Waals surface area (Å²) in [5.41, 5.74) is 6.07. The number of nitrogens with two attached hydrogens (primary N) is 1. The summed E-state index contributed by atoms with van der Waals surface area (Å²) in [5.74, 6) is 0.196. The Morgan fingerprint density at radius 3 is 2.95 bits per heavy atom. The average Bonchev–Trinajstić information content (AvgIpc) is 2.91. The van der Waals surface area contributed by atoms with Crippen molar-refractivity contribution in [2.24, 2.45) is 11.7 Å². The van der Waals surface area contributed by atoms with Crippen LogP contribution in [0, 0.1) is 16.0 Å². The largest absolute Gasteiger partial charge is 0.337 e. The number of aryl methyl sites for hydroxylation is 1. The van der Waals surface area contributed by atoms with E-state index in [1.807, 2.05) is 6.92 Å². The number of carbonyl (C=O) groups is 1. The minimum Gasteiger partial charge on any atom is -0.337 e. The zero-order valence-corrected chi connectivity index (χ0v) is 12.3. The average molecular weight is 294 g/mol. The van der Waals surface area contributed by atoms with Crippen molar-refractivity contribution >= 4 is 11.6 Å². The molecular weight excluding hydrogens is 272 g/mol. The molecule has 0 aliphatic carbocycles. The molecule has 0 spiro atoms. The van der Waals surface area contributed by atoms with Crippen LogP contribution < -0.4 is 5.73 Å². The van der Waals surface area contributed by atoms with E-state index in [0.717, 1.165) is 19.3 Å². The Hall–Kier alpha value is -1.89. The van der Waals surface area contributed by atoms with Crippen LogP contribution >= 0.6 is 0 Å². The van der Waals surface area contributed by atoms with Crippen molar-refractivity contribution in [3.63, 3.8) is 0 Å². The summed E-state index contributed by atoms with van der Waals surface area (Å²) in [6.07, 6.45) is 4.24. The lowest BCUT2D eigenvalue weighted by atomic mass is 9.98. The van der Waals surface area contributed by atoms with E-state index in [0.29, 0.717) is 37.8 Å². The molecule has 1 aromatic heterocycles. The van der Waals surface area contributed by atoms with Gasteiger partial charge in [-0.3, -0.25) is 14.9 Å². The van der Waals surface area contributed by atoms with Crippen LogP contribution in [0.3, 0.4) is 0 Å². The number of nitrogens with zero attached hydrogens (tertiary/aromatic N) is 3. The van der Waals surface area contributed by atoms with Crippen LogP contribution in [0.1, 0.15) is 36.7 Å². The highest BCUT2D eigenvalue weighted by Gasteiger charge is 2.27. The molecule has 1 aromatic rings. The molecule has 2 N–H and O–H groups in total. The van der Waals surface area contributed by atoms with Gasteiger partial charge in [-0.2, -0.15) is 0 Å². The molecule has 116 valence electrons. The molecule has 0 saturated carbocycles. The zero-order chi connectivity index (χ0) is 15.4. The van der Waals surface area contributed by atoms with Crippen LogP contribution in [-0.2, 0) is 6.54 Å². The highest BCUT2D eigenvalue weighted by atomic mass is 16.6. The van der Waals surface area contributed by atoms with Crippen LogP contribution in [0.15, 0.2) is 12.3 Å². The number of aromatic nitrogens is 1. The summed E-state index contributed by atoms with van der Waals surface area (Å²) < 4.78 is 1.69. The Morgan fingerprint density at radius 1 is 1.57 bits per heavy atom. The molecule has 0 aromatic carbocycles. The van der Waals surface area contributed by atoms with Crippen LogP contribution in [0.25, 0.3) is 0 Å². The molecule has 2 heterocycles. The number of piperidine rings is 1. The van der Waals surface area contributed by atoms with Gasteiger partial charge >= 0.3 is 0 Å². The zero-order valence-electron chi connectivity index (χ0n) is 12.3. The summed E-state index contributed by atoms with van der Waals surface area (Å²) in [6, 6.07) is 1.38. The molecule has 1 aliphatic heterocycles. The van der Waals surface area contributed by atoms with E-state index >= 15 is 0 Å². The summed E-state index contributed by atoms with van der Waals surface area (Å²) in [7, 11) is 0. The molecule has 1 aliphatic rings. The summed E-state index contributed by atoms with van der Waals surface area (Å²) in [6.45, 7) is 4.48. The lowest BCUT2D eigenvalue weighted by Gasteiger charge is -2.32. The van der Waals surface area contributed by atoms with E-state index in [2.05, 4.69) is 0 Å². The molecule has 1 atom stereocenters. The van der Waals surface area contributed by atoms with Crippen molar-refractivity contribution in [3.8, 4) is 0 Å². The number of nitro groups is 1. The maximum Gasteiger partial charge on any atom is 0.287 e. The molecule has 0 radical (unpaired) electrons. The molecule has 2 rings (SSSR count). The third-order valence-electron chi connectivity index (χ3n) is 3.92. The first kappa shape index (κ1) is 15.5. The van der Waals surface area contributed by atoms with Crippen LogP contribution in [0.2, 0.25) is 0 Å². The van der Waals surface area contributed by atoms with E-state index in [9.17, 15) is 14.9 Å². The second kappa shape index (κ2) is 6.71. The Balaban J connectivity index is 2.22. The summed E-state index contributed by atoms with van der Waals surface area (Å²) in [5, 5.41) is 10.9. The first-order chi connectivity index (χ1) is 10.1. The fraction of sp³-hybridized carbons (Fsp3) is 0.643. The van der Waals surface area contributed by atoms with Gasteiger partial charge in [0.1, 0.15) is 5.69 Å². The number of amides is 1. The van der Waals surface area contributed by atoms with Crippen molar-refractivity contribution in [2.75, 3.05) is 19.6 Å². The standard InChI is InChI=1S/C14H22N4O3/c1-2-5-16-10-12(18(20)21)7-13(16)14(19)17-6-3-4-11(8-15)9-17/h7,10-11H,2-6,8-9,15H2,1H3. The van der Waals surface area contributed by atoms with E-state index < -0.39 is 4.92 Å². The van der Waals surface area contributed by atoms with E-state index in [1.165, 1.54) is 12.3 Å². The third-order valence-corrected chi connectivity index (χ3v) is 3.92. The van der Waals surface area contributed by atoms with Gasteiger partial charge in [0.15, 0.2) is 0 Å². The Morgan fingerprint density at radius 2 is 2.33 bits per heavy atom. The van der Waals surface area contributed by atoms with Gasteiger partial charge in [-0.25, -0.2) is 0 Å². The number of rotatable bonds is 5. The van der Waals surface area contributed by atoms with E-state index in [4.69, 9.17) is 5.73 Å². The Kier molecular flexibility index (Phi) is 4.95. The fourth-order valence-electron chi connectivity index (χ4n) is 2.80. The molecule has 0 bridgehead atoms. The van der Waals surface area contributed by atoms with Gasteiger partial charge in [0, 0.05) is 25.7 Å². The van der Waals surface area contributed by atoms with Crippen molar-refractivity contribution < 1.29 is 9.72 Å². The molecule has 1 fully saturated rings. The number of hydrogen-bond acceptors (Lipinski definition) is 4. The monoisotopic (exact) mass is 294 g/mol. The molecular formula is C14H22N4O3. The smallest absolute Gasteiger partial charge is 0.287 e. The molecule has 21 heavy (non-hydrogen) atoms. The van der Waals surface area contributed by atoms with E-state index in [1.54, 1.807) is 9.47 Å². The normalized spacial score (nSPS) is 18.8. The quantitative estimate of drug-likeness (QED) is 0.659. The Bertz CT molecular complexity index is 526. The number of likely N-dealkylation sites (tertiary alicyclic amines) is 1. The first-order valence-corrected chi connectivity index (χ1v) is 7.40. The van der Waals surface area contributed by atoms with Gasteiger partial charge in [0.05, 0.1) is 11.1 Å². The molecule has 1 unspecified atom stereocenters. The molecule has 7 heteroatoms. The maximum atomic E-state index is 12.6. The minimum atomic E-state index is -0.457. The lowest BCUT2D eigenvalue weighted by molar-refractivity contribution is -0.384. The molecule has 7 nitrogen and oxygen atoms in total. The van der Waals surface area contributed by atoms with Crippen LogP contribution in [-0.4, -0.2) is 39.9 Å². The number of hydrogen-bond donors (Lipinski definition) is 1. The van der Waals surface area contributed by atoms with Crippen molar-refractivity contribution in [3.05, 3.63) is 28.1 Å². The van der Waals surface area contributed by atoms with Crippen LogP contribution in [0.4, 0.5) is 5.69 Å². The third kappa shape index (κ3) is 3.41. The van der Waals surface area contributed by atoms with Gasteiger partial charge in [-0.15, -0.1) is 0 Å². The molecule has 1 amide bonds. The predicted octanol–water partition coefficient (Wildman–Crippen LogP) is 1.62. The first-order valence-electron chi connectivity index (χ1n) is 7.40. The second-order valence-corrected chi connectivity index (χ2v) is 5.53. The Labute approximate surface area is 123 Å². The van der Waals surface area contributed by atoms with Crippen molar-refractivity contribution in [2.45, 2.75) is 32.7 Å². The van der Waals surface area contributed by atoms with Crippen molar-refractivity contribution in [1.29, 1.82) is 0 Å².